The highest BCUT2D eigenvalue weighted by Gasteiger charge is 2.12. The van der Waals surface area contributed by atoms with Crippen LogP contribution in [-0.2, 0) is 0 Å². The summed E-state index contributed by atoms with van der Waals surface area (Å²) in [5.41, 5.74) is 7.25. The zero-order valence-electron chi connectivity index (χ0n) is 11.3. The Bertz CT molecular complexity index is 599. The van der Waals surface area contributed by atoms with Crippen molar-refractivity contribution in [2.45, 2.75) is 6.92 Å². The van der Waals surface area contributed by atoms with E-state index in [1.54, 1.807) is 24.4 Å². The van der Waals surface area contributed by atoms with Gasteiger partial charge in [-0.25, -0.2) is 0 Å². The van der Waals surface area contributed by atoms with Gasteiger partial charge in [0.2, 0.25) is 0 Å². The lowest BCUT2D eigenvalue weighted by Crippen LogP contribution is -2.17. The summed E-state index contributed by atoms with van der Waals surface area (Å²) in [6, 6.07) is 10.9. The molecule has 3 N–H and O–H groups in total. The van der Waals surface area contributed by atoms with Gasteiger partial charge in [0.05, 0.1) is 5.69 Å². The Labute approximate surface area is 117 Å². The fraction of sp³-hybridized carbons (Fsp3) is 0.200. The number of para-hydroxylation sites is 2. The van der Waals surface area contributed by atoms with Crippen LogP contribution in [0.2, 0.25) is 0 Å². The van der Waals surface area contributed by atoms with Crippen molar-refractivity contribution in [1.29, 1.82) is 0 Å². The van der Waals surface area contributed by atoms with E-state index >= 15 is 0 Å². The number of rotatable bonds is 5. The van der Waals surface area contributed by atoms with Crippen molar-refractivity contribution in [2.24, 2.45) is 5.73 Å². The minimum atomic E-state index is -0.258. The van der Waals surface area contributed by atoms with E-state index in [9.17, 15) is 4.79 Å². The summed E-state index contributed by atoms with van der Waals surface area (Å²) in [5.74, 6) is 0.340. The number of benzene rings is 1. The van der Waals surface area contributed by atoms with Crippen LogP contribution in [0.3, 0.4) is 0 Å². The van der Waals surface area contributed by atoms with Gasteiger partial charge in [0.15, 0.2) is 0 Å². The second-order valence-electron chi connectivity index (χ2n) is 4.26. The van der Waals surface area contributed by atoms with Crippen molar-refractivity contribution in [3.05, 3.63) is 53.9 Å². The van der Waals surface area contributed by atoms with E-state index in [4.69, 9.17) is 10.5 Å². The van der Waals surface area contributed by atoms with Gasteiger partial charge in [-0.05, 0) is 30.7 Å². The molecule has 0 bridgehead atoms. The number of anilines is 1. The molecule has 20 heavy (non-hydrogen) atoms. The van der Waals surface area contributed by atoms with Crippen molar-refractivity contribution >= 4 is 11.6 Å². The van der Waals surface area contributed by atoms with Crippen LogP contribution in [0.15, 0.2) is 42.6 Å². The van der Waals surface area contributed by atoms with Gasteiger partial charge < -0.3 is 15.8 Å². The van der Waals surface area contributed by atoms with Crippen LogP contribution < -0.4 is 15.8 Å². The van der Waals surface area contributed by atoms with E-state index in [2.05, 4.69) is 10.3 Å². The number of carbonyl (C=O) groups excluding carboxylic acids is 1. The van der Waals surface area contributed by atoms with Gasteiger partial charge in [-0.1, -0.05) is 18.2 Å². The first kappa shape index (κ1) is 14.0. The van der Waals surface area contributed by atoms with Crippen LogP contribution >= 0.6 is 0 Å². The Hall–Kier alpha value is -2.40. The van der Waals surface area contributed by atoms with E-state index in [-0.39, 0.29) is 5.91 Å². The lowest BCUT2D eigenvalue weighted by molar-refractivity contribution is 0.102. The predicted molar refractivity (Wildman–Crippen MR) is 77.9 cm³/mol. The third-order valence-electron chi connectivity index (χ3n) is 2.74. The van der Waals surface area contributed by atoms with Crippen molar-refractivity contribution < 1.29 is 9.53 Å². The molecule has 0 aliphatic heterocycles. The smallest absolute Gasteiger partial charge is 0.274 e. The zero-order valence-corrected chi connectivity index (χ0v) is 11.3. The number of hydrogen-bond donors (Lipinski definition) is 2. The molecule has 2 rings (SSSR count). The molecule has 1 aromatic carbocycles. The highest BCUT2D eigenvalue weighted by molar-refractivity contribution is 6.04. The molecule has 0 aliphatic carbocycles. The normalized spacial score (nSPS) is 10.1. The van der Waals surface area contributed by atoms with Gasteiger partial charge in [-0.3, -0.25) is 9.78 Å². The topological polar surface area (TPSA) is 77.2 Å². The molecule has 5 heteroatoms. The van der Waals surface area contributed by atoms with Gasteiger partial charge in [0.25, 0.3) is 5.91 Å². The van der Waals surface area contributed by atoms with Crippen LogP contribution in [0.1, 0.15) is 16.1 Å². The number of hydrogen-bond acceptors (Lipinski definition) is 4. The molecule has 0 saturated heterocycles. The van der Waals surface area contributed by atoms with Crippen molar-refractivity contribution in [2.75, 3.05) is 18.5 Å². The number of nitrogens with zero attached hydrogens (tertiary/aromatic N) is 1. The number of nitrogens with one attached hydrogen (secondary N) is 1. The number of aromatic nitrogens is 1. The lowest BCUT2D eigenvalue weighted by Gasteiger charge is -2.12. The molecule has 1 heterocycles. The molecule has 2 aromatic rings. The van der Waals surface area contributed by atoms with Crippen molar-refractivity contribution in [1.82, 2.24) is 4.98 Å². The van der Waals surface area contributed by atoms with Gasteiger partial charge in [-0.2, -0.15) is 0 Å². The summed E-state index contributed by atoms with van der Waals surface area (Å²) in [6.07, 6.45) is 1.60. The molecular weight excluding hydrogens is 254 g/mol. The number of ether oxygens (including phenoxy) is 1. The average Bonchev–Trinajstić information content (AvgIpc) is 2.46. The monoisotopic (exact) mass is 271 g/mol. The summed E-state index contributed by atoms with van der Waals surface area (Å²) < 4.78 is 5.49. The third-order valence-corrected chi connectivity index (χ3v) is 2.74. The van der Waals surface area contributed by atoms with Gasteiger partial charge in [0, 0.05) is 12.7 Å². The maximum absolute atomic E-state index is 12.2. The first-order valence-corrected chi connectivity index (χ1v) is 6.37. The fourth-order valence-electron chi connectivity index (χ4n) is 1.77. The van der Waals surface area contributed by atoms with E-state index in [0.29, 0.717) is 30.3 Å². The Morgan fingerprint density at radius 3 is 2.85 bits per heavy atom. The zero-order chi connectivity index (χ0) is 14.4. The highest BCUT2D eigenvalue weighted by Crippen LogP contribution is 2.24. The van der Waals surface area contributed by atoms with Crippen LogP contribution in [0, 0.1) is 6.92 Å². The van der Waals surface area contributed by atoms with Crippen LogP contribution in [0.4, 0.5) is 5.69 Å². The summed E-state index contributed by atoms with van der Waals surface area (Å²) in [6.45, 7) is 2.66. The lowest BCUT2D eigenvalue weighted by atomic mass is 10.2. The predicted octanol–water partition coefficient (Wildman–Crippen LogP) is 1.98. The number of pyridine rings is 1. The summed E-state index contributed by atoms with van der Waals surface area (Å²) >= 11 is 0. The molecule has 0 fully saturated rings. The van der Waals surface area contributed by atoms with E-state index in [0.717, 1.165) is 5.56 Å². The number of carbonyl (C=O) groups is 1. The molecule has 0 aliphatic rings. The molecule has 1 aromatic heterocycles. The minimum absolute atomic E-state index is 0.258. The Kier molecular flexibility index (Phi) is 4.68. The Morgan fingerprint density at radius 1 is 1.30 bits per heavy atom. The number of aryl methyl sites for hydroxylation is 1. The van der Waals surface area contributed by atoms with Gasteiger partial charge >= 0.3 is 0 Å². The van der Waals surface area contributed by atoms with Crippen LogP contribution in [0.5, 0.6) is 5.75 Å². The standard InChI is InChI=1S/C15H17N3O2/c1-11-5-4-9-17-14(11)15(19)18-12-6-2-3-7-13(12)20-10-8-16/h2-7,9H,8,10,16H2,1H3,(H,18,19). The number of amides is 1. The summed E-state index contributed by atoms with van der Waals surface area (Å²) in [4.78, 5) is 16.3. The largest absolute Gasteiger partial charge is 0.490 e. The maximum atomic E-state index is 12.2. The molecule has 1 amide bonds. The second kappa shape index (κ2) is 6.68. The fourth-order valence-corrected chi connectivity index (χ4v) is 1.77. The Balaban J connectivity index is 2.18. The first-order valence-electron chi connectivity index (χ1n) is 6.37. The third kappa shape index (κ3) is 3.33. The molecule has 0 unspecified atom stereocenters. The van der Waals surface area contributed by atoms with Crippen molar-refractivity contribution in [3.63, 3.8) is 0 Å². The van der Waals surface area contributed by atoms with Crippen LogP contribution in [-0.4, -0.2) is 24.0 Å². The first-order chi connectivity index (χ1) is 9.72. The van der Waals surface area contributed by atoms with E-state index in [1.165, 1.54) is 0 Å². The molecule has 104 valence electrons. The molecule has 0 atom stereocenters. The maximum Gasteiger partial charge on any atom is 0.274 e. The van der Waals surface area contributed by atoms with Crippen LogP contribution in [0.25, 0.3) is 0 Å². The quantitative estimate of drug-likeness (QED) is 0.871. The highest BCUT2D eigenvalue weighted by atomic mass is 16.5. The van der Waals surface area contributed by atoms with E-state index < -0.39 is 0 Å². The molecule has 5 nitrogen and oxygen atoms in total. The average molecular weight is 271 g/mol. The van der Waals surface area contributed by atoms with Gasteiger partial charge in [0.1, 0.15) is 18.1 Å². The minimum Gasteiger partial charge on any atom is -0.490 e. The summed E-state index contributed by atoms with van der Waals surface area (Å²) in [7, 11) is 0. The van der Waals surface area contributed by atoms with Crippen molar-refractivity contribution in [3.8, 4) is 5.75 Å². The number of nitrogens with two attached hydrogens (primary N) is 1. The SMILES string of the molecule is Cc1cccnc1C(=O)Nc1ccccc1OCCN. The van der Waals surface area contributed by atoms with E-state index in [1.807, 2.05) is 25.1 Å². The molecular formula is C15H17N3O2. The molecule has 0 radical (unpaired) electrons. The molecule has 0 saturated carbocycles. The molecule has 0 spiro atoms. The summed E-state index contributed by atoms with van der Waals surface area (Å²) in [5, 5.41) is 2.81. The Morgan fingerprint density at radius 2 is 2.10 bits per heavy atom. The second-order valence-corrected chi connectivity index (χ2v) is 4.26. The van der Waals surface area contributed by atoms with Gasteiger partial charge in [-0.15, -0.1) is 0 Å².